The summed E-state index contributed by atoms with van der Waals surface area (Å²) >= 11 is 0. The van der Waals surface area contributed by atoms with Crippen molar-refractivity contribution in [2.45, 2.75) is 51.2 Å². The Balaban J connectivity index is 2.18. The molecule has 1 aliphatic heterocycles. The Kier molecular flexibility index (Phi) is 3.82. The molecule has 0 radical (unpaired) electrons. The first-order chi connectivity index (χ1) is 8.10. The smallest absolute Gasteiger partial charge is 0.148 e. The molecule has 1 N–H and O–H groups in total. The summed E-state index contributed by atoms with van der Waals surface area (Å²) in [5, 5.41) is 3.36. The number of halogens is 1. The lowest BCUT2D eigenvalue weighted by atomic mass is 9.87. The van der Waals surface area contributed by atoms with E-state index in [2.05, 4.69) is 5.32 Å². The predicted octanol–water partition coefficient (Wildman–Crippen LogP) is 3.71. The number of hydrogen-bond donors (Lipinski definition) is 1. The zero-order valence-electron chi connectivity index (χ0n) is 10.8. The highest BCUT2D eigenvalue weighted by Crippen LogP contribution is 2.33. The van der Waals surface area contributed by atoms with E-state index in [0.717, 1.165) is 24.9 Å². The summed E-state index contributed by atoms with van der Waals surface area (Å²) in [6.45, 7) is 4.68. The minimum atomic E-state index is -1.27. The normalized spacial score (nSPS) is 25.0. The lowest BCUT2D eigenvalue weighted by Crippen LogP contribution is -2.43. The van der Waals surface area contributed by atoms with E-state index >= 15 is 0 Å². The lowest BCUT2D eigenvalue weighted by molar-refractivity contribution is 0.123. The van der Waals surface area contributed by atoms with E-state index in [-0.39, 0.29) is 6.04 Å². The highest BCUT2D eigenvalue weighted by Gasteiger charge is 2.35. The molecule has 1 aromatic carbocycles. The van der Waals surface area contributed by atoms with E-state index in [4.69, 9.17) is 0 Å². The highest BCUT2D eigenvalue weighted by atomic mass is 19.1. The minimum absolute atomic E-state index is 0.0484. The third-order valence-corrected chi connectivity index (χ3v) is 3.83. The Morgan fingerprint density at radius 2 is 1.88 bits per heavy atom. The Morgan fingerprint density at radius 1 is 1.18 bits per heavy atom. The maximum atomic E-state index is 15.0. The SMILES string of the molecule is Cc1ccc(C(C)(F)C2CCCCCN2)cc1. The van der Waals surface area contributed by atoms with Crippen LogP contribution in [-0.2, 0) is 5.67 Å². The second-order valence-electron chi connectivity index (χ2n) is 5.30. The van der Waals surface area contributed by atoms with Crippen LogP contribution in [0.25, 0.3) is 0 Å². The molecule has 2 rings (SSSR count). The van der Waals surface area contributed by atoms with Crippen molar-refractivity contribution in [2.75, 3.05) is 6.54 Å². The maximum absolute atomic E-state index is 15.0. The minimum Gasteiger partial charge on any atom is -0.311 e. The molecular weight excluding hydrogens is 213 g/mol. The molecule has 1 saturated heterocycles. The first-order valence-electron chi connectivity index (χ1n) is 6.60. The predicted molar refractivity (Wildman–Crippen MR) is 69.9 cm³/mol. The van der Waals surface area contributed by atoms with Gasteiger partial charge in [-0.1, -0.05) is 42.7 Å². The van der Waals surface area contributed by atoms with Crippen LogP contribution in [0.1, 0.15) is 43.7 Å². The Labute approximate surface area is 103 Å². The molecular formula is C15H22FN. The van der Waals surface area contributed by atoms with Gasteiger partial charge in [0, 0.05) is 6.04 Å². The van der Waals surface area contributed by atoms with Gasteiger partial charge < -0.3 is 5.32 Å². The Bertz CT molecular complexity index is 348. The van der Waals surface area contributed by atoms with Gasteiger partial charge in [0.15, 0.2) is 0 Å². The van der Waals surface area contributed by atoms with Gasteiger partial charge in [-0.25, -0.2) is 4.39 Å². The monoisotopic (exact) mass is 235 g/mol. The van der Waals surface area contributed by atoms with Crippen LogP contribution in [0.4, 0.5) is 4.39 Å². The molecule has 0 amide bonds. The zero-order chi connectivity index (χ0) is 12.3. The van der Waals surface area contributed by atoms with Gasteiger partial charge in [0.05, 0.1) is 0 Å². The van der Waals surface area contributed by atoms with Gasteiger partial charge in [-0.15, -0.1) is 0 Å². The lowest BCUT2D eigenvalue weighted by Gasteiger charge is -2.31. The van der Waals surface area contributed by atoms with Crippen molar-refractivity contribution in [3.05, 3.63) is 35.4 Å². The fourth-order valence-corrected chi connectivity index (χ4v) is 2.57. The standard InChI is InChI=1S/C15H22FN/c1-12-7-9-13(10-8-12)15(2,16)14-6-4-3-5-11-17-14/h7-10,14,17H,3-6,11H2,1-2H3. The summed E-state index contributed by atoms with van der Waals surface area (Å²) in [5.74, 6) is 0. The fourth-order valence-electron chi connectivity index (χ4n) is 2.57. The number of nitrogens with one attached hydrogen (secondary N) is 1. The second kappa shape index (κ2) is 5.18. The van der Waals surface area contributed by atoms with Gasteiger partial charge in [-0.3, -0.25) is 0 Å². The van der Waals surface area contributed by atoms with Crippen LogP contribution in [-0.4, -0.2) is 12.6 Å². The molecule has 0 aliphatic carbocycles. The van der Waals surface area contributed by atoms with Crippen molar-refractivity contribution >= 4 is 0 Å². The summed E-state index contributed by atoms with van der Waals surface area (Å²) in [7, 11) is 0. The van der Waals surface area contributed by atoms with Crippen molar-refractivity contribution in [2.24, 2.45) is 0 Å². The van der Waals surface area contributed by atoms with Crippen LogP contribution in [0.2, 0.25) is 0 Å². The van der Waals surface area contributed by atoms with Crippen LogP contribution in [0.5, 0.6) is 0 Å². The van der Waals surface area contributed by atoms with Crippen molar-refractivity contribution < 1.29 is 4.39 Å². The number of alkyl halides is 1. The van der Waals surface area contributed by atoms with Crippen molar-refractivity contribution in [1.82, 2.24) is 5.32 Å². The van der Waals surface area contributed by atoms with Gasteiger partial charge in [0.1, 0.15) is 5.67 Å². The highest BCUT2D eigenvalue weighted by molar-refractivity contribution is 5.27. The van der Waals surface area contributed by atoms with Crippen LogP contribution in [0.3, 0.4) is 0 Å². The molecule has 2 heteroatoms. The molecule has 0 aromatic heterocycles. The van der Waals surface area contributed by atoms with Gasteiger partial charge in [-0.2, -0.15) is 0 Å². The Morgan fingerprint density at radius 3 is 2.59 bits per heavy atom. The third-order valence-electron chi connectivity index (χ3n) is 3.83. The maximum Gasteiger partial charge on any atom is 0.148 e. The molecule has 1 aliphatic rings. The van der Waals surface area contributed by atoms with E-state index < -0.39 is 5.67 Å². The molecule has 1 nitrogen and oxygen atoms in total. The summed E-state index contributed by atoms with van der Waals surface area (Å²) < 4.78 is 15.0. The van der Waals surface area contributed by atoms with Gasteiger partial charge in [0.25, 0.3) is 0 Å². The van der Waals surface area contributed by atoms with Gasteiger partial charge in [-0.05, 0) is 38.8 Å². The van der Waals surface area contributed by atoms with Crippen molar-refractivity contribution in [3.8, 4) is 0 Å². The van der Waals surface area contributed by atoms with Gasteiger partial charge >= 0.3 is 0 Å². The summed E-state index contributed by atoms with van der Waals surface area (Å²) in [5.41, 5.74) is 0.707. The van der Waals surface area contributed by atoms with E-state index in [1.54, 1.807) is 6.92 Å². The van der Waals surface area contributed by atoms with Crippen LogP contribution in [0.15, 0.2) is 24.3 Å². The molecule has 1 fully saturated rings. The quantitative estimate of drug-likeness (QED) is 0.824. The summed E-state index contributed by atoms with van der Waals surface area (Å²) in [6, 6.07) is 7.77. The van der Waals surface area contributed by atoms with Gasteiger partial charge in [0.2, 0.25) is 0 Å². The zero-order valence-corrected chi connectivity index (χ0v) is 10.8. The molecule has 1 aromatic rings. The summed E-state index contributed by atoms with van der Waals surface area (Å²) in [6.07, 6.45) is 4.44. The average molecular weight is 235 g/mol. The largest absolute Gasteiger partial charge is 0.311 e. The summed E-state index contributed by atoms with van der Waals surface area (Å²) in [4.78, 5) is 0. The molecule has 17 heavy (non-hydrogen) atoms. The molecule has 2 unspecified atom stereocenters. The van der Waals surface area contributed by atoms with Crippen molar-refractivity contribution in [3.63, 3.8) is 0 Å². The molecule has 1 heterocycles. The van der Waals surface area contributed by atoms with E-state index in [0.29, 0.717) is 0 Å². The molecule has 0 bridgehead atoms. The number of aryl methyl sites for hydroxylation is 1. The van der Waals surface area contributed by atoms with Crippen LogP contribution in [0, 0.1) is 6.92 Å². The first-order valence-corrected chi connectivity index (χ1v) is 6.60. The second-order valence-corrected chi connectivity index (χ2v) is 5.30. The first kappa shape index (κ1) is 12.6. The molecule has 94 valence electrons. The van der Waals surface area contributed by atoms with E-state index in [1.807, 2.05) is 31.2 Å². The van der Waals surface area contributed by atoms with Crippen LogP contribution >= 0.6 is 0 Å². The van der Waals surface area contributed by atoms with E-state index in [1.165, 1.54) is 18.4 Å². The topological polar surface area (TPSA) is 12.0 Å². The number of rotatable bonds is 2. The molecule has 0 saturated carbocycles. The fraction of sp³-hybridized carbons (Fsp3) is 0.600. The number of hydrogen-bond acceptors (Lipinski definition) is 1. The van der Waals surface area contributed by atoms with Crippen molar-refractivity contribution in [1.29, 1.82) is 0 Å². The third kappa shape index (κ3) is 2.86. The molecule has 0 spiro atoms. The molecule has 2 atom stereocenters. The van der Waals surface area contributed by atoms with E-state index in [9.17, 15) is 4.39 Å². The average Bonchev–Trinajstić information content (AvgIpc) is 2.58. The Hall–Kier alpha value is -0.890. The van der Waals surface area contributed by atoms with Crippen LogP contribution < -0.4 is 5.32 Å². The number of benzene rings is 1.